The van der Waals surface area contributed by atoms with E-state index in [1.54, 1.807) is 7.11 Å². The zero-order valence-electron chi connectivity index (χ0n) is 6.80. The molecule has 0 aromatic carbocycles. The van der Waals surface area contributed by atoms with Crippen molar-refractivity contribution in [1.82, 2.24) is 0 Å². The van der Waals surface area contributed by atoms with Crippen LogP contribution in [0.15, 0.2) is 0 Å². The summed E-state index contributed by atoms with van der Waals surface area (Å²) in [5, 5.41) is 0. The third kappa shape index (κ3) is 6.01. The molecule has 0 spiro atoms. The molecule has 0 saturated carbocycles. The molecule has 0 aliphatic heterocycles. The minimum Gasteiger partial charge on any atom is -0.382 e. The van der Waals surface area contributed by atoms with Gasteiger partial charge in [0, 0.05) is 13.2 Å². The first kappa shape index (κ1) is 9.88. The topological polar surface area (TPSA) is 44.5 Å². The van der Waals surface area contributed by atoms with Crippen molar-refractivity contribution in [3.8, 4) is 0 Å². The van der Waals surface area contributed by atoms with Crippen LogP contribution < -0.4 is 5.73 Å². The second-order valence-corrected chi connectivity index (χ2v) is 2.24. The summed E-state index contributed by atoms with van der Waals surface area (Å²) >= 11 is 0. The van der Waals surface area contributed by atoms with Crippen LogP contribution in [-0.4, -0.2) is 33.0 Å². The van der Waals surface area contributed by atoms with Crippen LogP contribution in [0.4, 0.5) is 0 Å². The predicted molar refractivity (Wildman–Crippen MR) is 41.0 cm³/mol. The van der Waals surface area contributed by atoms with Crippen molar-refractivity contribution >= 4 is 0 Å². The maximum atomic E-state index is 5.59. The summed E-state index contributed by atoms with van der Waals surface area (Å²) in [6.45, 7) is 3.98. The summed E-state index contributed by atoms with van der Waals surface area (Å²) in [5.74, 6) is 0. The highest BCUT2D eigenvalue weighted by Gasteiger charge is 1.96. The summed E-state index contributed by atoms with van der Waals surface area (Å²) in [6, 6.07) is 0.178. The van der Waals surface area contributed by atoms with Crippen molar-refractivity contribution in [2.24, 2.45) is 5.73 Å². The molecule has 0 aromatic rings. The SMILES string of the molecule is CCC(N)COCCOC. The fraction of sp³-hybridized carbons (Fsp3) is 1.00. The summed E-state index contributed by atoms with van der Waals surface area (Å²) in [7, 11) is 1.66. The molecule has 0 saturated heterocycles. The Balaban J connectivity index is 2.89. The molecule has 10 heavy (non-hydrogen) atoms. The van der Waals surface area contributed by atoms with Gasteiger partial charge in [0.15, 0.2) is 0 Å². The quantitative estimate of drug-likeness (QED) is 0.553. The molecule has 3 nitrogen and oxygen atoms in total. The van der Waals surface area contributed by atoms with Crippen LogP contribution in [0.3, 0.4) is 0 Å². The second kappa shape index (κ2) is 6.99. The molecule has 0 bridgehead atoms. The summed E-state index contributed by atoms with van der Waals surface area (Å²) in [6.07, 6.45) is 0.965. The largest absolute Gasteiger partial charge is 0.382 e. The molecule has 0 fully saturated rings. The monoisotopic (exact) mass is 147 g/mol. The summed E-state index contributed by atoms with van der Waals surface area (Å²) in [4.78, 5) is 0. The van der Waals surface area contributed by atoms with Crippen LogP contribution in [0.5, 0.6) is 0 Å². The van der Waals surface area contributed by atoms with Gasteiger partial charge in [0.05, 0.1) is 19.8 Å². The van der Waals surface area contributed by atoms with Gasteiger partial charge in [-0.25, -0.2) is 0 Å². The van der Waals surface area contributed by atoms with Crippen LogP contribution in [0.2, 0.25) is 0 Å². The van der Waals surface area contributed by atoms with Crippen LogP contribution >= 0.6 is 0 Å². The van der Waals surface area contributed by atoms with Gasteiger partial charge in [-0.1, -0.05) is 6.92 Å². The number of hydrogen-bond donors (Lipinski definition) is 1. The Labute approximate surface area is 62.5 Å². The first-order chi connectivity index (χ1) is 4.81. The van der Waals surface area contributed by atoms with Crippen molar-refractivity contribution in [3.05, 3.63) is 0 Å². The fourth-order valence-electron chi connectivity index (χ4n) is 0.495. The number of methoxy groups -OCH3 is 1. The van der Waals surface area contributed by atoms with E-state index in [1.165, 1.54) is 0 Å². The first-order valence-electron chi connectivity index (χ1n) is 3.63. The van der Waals surface area contributed by atoms with E-state index < -0.39 is 0 Å². The highest BCUT2D eigenvalue weighted by atomic mass is 16.5. The third-order valence-corrected chi connectivity index (χ3v) is 1.29. The van der Waals surface area contributed by atoms with Gasteiger partial charge in [0.2, 0.25) is 0 Å². The summed E-state index contributed by atoms with van der Waals surface area (Å²) in [5.41, 5.74) is 5.59. The Kier molecular flexibility index (Phi) is 6.91. The van der Waals surface area contributed by atoms with Gasteiger partial charge < -0.3 is 15.2 Å². The van der Waals surface area contributed by atoms with Gasteiger partial charge in [-0.2, -0.15) is 0 Å². The van der Waals surface area contributed by atoms with E-state index in [4.69, 9.17) is 15.2 Å². The summed E-state index contributed by atoms with van der Waals surface area (Å²) < 4.78 is 9.97. The van der Waals surface area contributed by atoms with Gasteiger partial charge in [-0.05, 0) is 6.42 Å². The molecule has 0 rings (SSSR count). The average Bonchev–Trinajstić information content (AvgIpc) is 1.98. The Morgan fingerprint density at radius 1 is 1.40 bits per heavy atom. The van der Waals surface area contributed by atoms with Crippen LogP contribution in [0.1, 0.15) is 13.3 Å². The minimum atomic E-state index is 0.178. The van der Waals surface area contributed by atoms with Crippen LogP contribution in [0.25, 0.3) is 0 Å². The number of rotatable bonds is 6. The number of hydrogen-bond acceptors (Lipinski definition) is 3. The highest BCUT2D eigenvalue weighted by molar-refractivity contribution is 4.54. The highest BCUT2D eigenvalue weighted by Crippen LogP contribution is 1.86. The molecule has 0 aliphatic rings. The number of ether oxygens (including phenoxy) is 2. The molecule has 1 atom stereocenters. The van der Waals surface area contributed by atoms with Crippen molar-refractivity contribution < 1.29 is 9.47 Å². The van der Waals surface area contributed by atoms with E-state index in [0.717, 1.165) is 6.42 Å². The van der Waals surface area contributed by atoms with Crippen molar-refractivity contribution in [2.45, 2.75) is 19.4 Å². The lowest BCUT2D eigenvalue weighted by atomic mass is 10.3. The molecule has 0 aliphatic carbocycles. The molecule has 1 unspecified atom stereocenters. The van der Waals surface area contributed by atoms with Gasteiger partial charge in [-0.3, -0.25) is 0 Å². The van der Waals surface area contributed by atoms with E-state index in [0.29, 0.717) is 19.8 Å². The van der Waals surface area contributed by atoms with Crippen molar-refractivity contribution in [2.75, 3.05) is 26.9 Å². The van der Waals surface area contributed by atoms with Crippen molar-refractivity contribution in [3.63, 3.8) is 0 Å². The van der Waals surface area contributed by atoms with E-state index >= 15 is 0 Å². The predicted octanol–water partition coefficient (Wildman–Crippen LogP) is 0.387. The Hall–Kier alpha value is -0.120. The standard InChI is InChI=1S/C7H17NO2/c1-3-7(8)6-10-5-4-9-2/h7H,3-6,8H2,1-2H3. The molecule has 0 amide bonds. The van der Waals surface area contributed by atoms with E-state index in [1.807, 2.05) is 6.92 Å². The molecular weight excluding hydrogens is 130 g/mol. The van der Waals surface area contributed by atoms with Crippen molar-refractivity contribution in [1.29, 1.82) is 0 Å². The Morgan fingerprint density at radius 3 is 2.60 bits per heavy atom. The van der Waals surface area contributed by atoms with Gasteiger partial charge in [0.25, 0.3) is 0 Å². The Bertz CT molecular complexity index is 68.6. The molecule has 62 valence electrons. The Morgan fingerprint density at radius 2 is 2.10 bits per heavy atom. The molecule has 0 aromatic heterocycles. The third-order valence-electron chi connectivity index (χ3n) is 1.29. The fourth-order valence-corrected chi connectivity index (χ4v) is 0.495. The molecular formula is C7H17NO2. The van der Waals surface area contributed by atoms with Crippen LogP contribution in [0, 0.1) is 0 Å². The van der Waals surface area contributed by atoms with Crippen LogP contribution in [-0.2, 0) is 9.47 Å². The van der Waals surface area contributed by atoms with Gasteiger partial charge >= 0.3 is 0 Å². The maximum Gasteiger partial charge on any atom is 0.0701 e. The molecule has 2 N–H and O–H groups in total. The molecule has 3 heteroatoms. The number of nitrogens with two attached hydrogens (primary N) is 1. The lowest BCUT2D eigenvalue weighted by molar-refractivity contribution is 0.0632. The van der Waals surface area contributed by atoms with E-state index in [2.05, 4.69) is 0 Å². The molecule has 0 heterocycles. The zero-order valence-corrected chi connectivity index (χ0v) is 6.80. The first-order valence-corrected chi connectivity index (χ1v) is 3.63. The molecule has 0 radical (unpaired) electrons. The van der Waals surface area contributed by atoms with E-state index in [9.17, 15) is 0 Å². The maximum absolute atomic E-state index is 5.59. The minimum absolute atomic E-state index is 0.178. The smallest absolute Gasteiger partial charge is 0.0701 e. The van der Waals surface area contributed by atoms with E-state index in [-0.39, 0.29) is 6.04 Å². The normalized spacial score (nSPS) is 13.5. The van der Waals surface area contributed by atoms with Gasteiger partial charge in [-0.15, -0.1) is 0 Å². The lowest BCUT2D eigenvalue weighted by Crippen LogP contribution is -2.25. The average molecular weight is 147 g/mol. The second-order valence-electron chi connectivity index (χ2n) is 2.24. The van der Waals surface area contributed by atoms with Gasteiger partial charge in [0.1, 0.15) is 0 Å². The lowest BCUT2D eigenvalue weighted by Gasteiger charge is -2.08. The zero-order chi connectivity index (χ0) is 7.82.